The van der Waals surface area contributed by atoms with Crippen LogP contribution in [0.4, 0.5) is 5.69 Å². The number of halogens is 1. The van der Waals surface area contributed by atoms with Crippen LogP contribution in [0.5, 0.6) is 0 Å². The molecule has 2 N–H and O–H groups in total. The molecule has 0 radical (unpaired) electrons. The van der Waals surface area contributed by atoms with Crippen LogP contribution in [-0.4, -0.2) is 14.8 Å². The molecule has 6 heteroatoms. The van der Waals surface area contributed by atoms with E-state index < -0.39 is 0 Å². The van der Waals surface area contributed by atoms with Gasteiger partial charge in [-0.05, 0) is 12.1 Å². The number of benzene rings is 1. The number of anilines is 1. The highest BCUT2D eigenvalue weighted by molar-refractivity contribution is 6.31. The van der Waals surface area contributed by atoms with Crippen molar-refractivity contribution in [1.29, 1.82) is 5.26 Å². The van der Waals surface area contributed by atoms with Crippen LogP contribution < -0.4 is 5.73 Å². The molecule has 0 spiro atoms. The van der Waals surface area contributed by atoms with Crippen molar-refractivity contribution in [3.63, 3.8) is 0 Å². The van der Waals surface area contributed by atoms with Gasteiger partial charge in [-0.25, -0.2) is 9.67 Å². The minimum Gasteiger partial charge on any atom is -0.398 e. The van der Waals surface area contributed by atoms with E-state index in [-0.39, 0.29) is 5.82 Å². The smallest absolute Gasteiger partial charge is 0.252 e. The Labute approximate surface area is 97.1 Å². The van der Waals surface area contributed by atoms with E-state index in [9.17, 15) is 0 Å². The van der Waals surface area contributed by atoms with E-state index in [0.29, 0.717) is 17.3 Å². The molecule has 80 valence electrons. The van der Waals surface area contributed by atoms with E-state index in [2.05, 4.69) is 10.1 Å². The number of aromatic nitrogens is 3. The van der Waals surface area contributed by atoms with Gasteiger partial charge in [0.05, 0.1) is 6.54 Å². The van der Waals surface area contributed by atoms with Gasteiger partial charge in [0, 0.05) is 16.3 Å². The molecule has 2 aromatic rings. The predicted molar refractivity (Wildman–Crippen MR) is 59.7 cm³/mol. The summed E-state index contributed by atoms with van der Waals surface area (Å²) in [6.45, 7) is 0.403. The monoisotopic (exact) mass is 233 g/mol. The molecule has 1 heterocycles. The number of nitrogens with two attached hydrogens (primary N) is 1. The summed E-state index contributed by atoms with van der Waals surface area (Å²) < 4.78 is 1.52. The molecule has 0 bridgehead atoms. The third-order valence-electron chi connectivity index (χ3n) is 2.11. The zero-order valence-corrected chi connectivity index (χ0v) is 9.02. The lowest BCUT2D eigenvalue weighted by Gasteiger charge is -2.06. The fraction of sp³-hybridized carbons (Fsp3) is 0.100. The standard InChI is InChI=1S/C10H8ClN5/c11-8-2-1-3-9(13)7(8)5-16-6-14-10(4-12)15-16/h1-3,6H,5,13H2. The zero-order valence-electron chi connectivity index (χ0n) is 8.26. The number of nitrogen functional groups attached to an aromatic ring is 1. The van der Waals surface area contributed by atoms with E-state index in [1.165, 1.54) is 11.0 Å². The van der Waals surface area contributed by atoms with Gasteiger partial charge in [-0.15, -0.1) is 5.10 Å². The van der Waals surface area contributed by atoms with Gasteiger partial charge in [0.2, 0.25) is 0 Å². The van der Waals surface area contributed by atoms with Gasteiger partial charge < -0.3 is 5.73 Å². The van der Waals surface area contributed by atoms with Crippen molar-refractivity contribution in [2.24, 2.45) is 0 Å². The number of nitriles is 1. The van der Waals surface area contributed by atoms with Gasteiger partial charge in [-0.3, -0.25) is 0 Å². The highest BCUT2D eigenvalue weighted by Crippen LogP contribution is 2.22. The average molecular weight is 234 g/mol. The first-order valence-electron chi connectivity index (χ1n) is 4.53. The second-order valence-electron chi connectivity index (χ2n) is 3.19. The van der Waals surface area contributed by atoms with Crippen molar-refractivity contribution in [3.05, 3.63) is 40.9 Å². The summed E-state index contributed by atoms with van der Waals surface area (Å²) in [5.74, 6) is 0.130. The van der Waals surface area contributed by atoms with Crippen molar-refractivity contribution >= 4 is 17.3 Å². The molecule has 0 aliphatic rings. The Hall–Kier alpha value is -2.06. The summed E-state index contributed by atoms with van der Waals surface area (Å²) in [7, 11) is 0. The molecule has 0 aliphatic carbocycles. The van der Waals surface area contributed by atoms with Crippen LogP contribution in [0, 0.1) is 11.3 Å². The normalized spacial score (nSPS) is 10.0. The van der Waals surface area contributed by atoms with Crippen molar-refractivity contribution in [2.75, 3.05) is 5.73 Å². The fourth-order valence-electron chi connectivity index (χ4n) is 1.33. The second kappa shape index (κ2) is 4.21. The van der Waals surface area contributed by atoms with Crippen LogP contribution in [0.1, 0.15) is 11.4 Å². The Kier molecular flexibility index (Phi) is 2.75. The highest BCUT2D eigenvalue weighted by atomic mass is 35.5. The summed E-state index contributed by atoms with van der Waals surface area (Å²) in [5.41, 5.74) is 7.17. The van der Waals surface area contributed by atoms with Crippen LogP contribution >= 0.6 is 11.6 Å². The van der Waals surface area contributed by atoms with Crippen molar-refractivity contribution in [3.8, 4) is 6.07 Å². The van der Waals surface area contributed by atoms with Crippen LogP contribution in [-0.2, 0) is 6.54 Å². The molecule has 16 heavy (non-hydrogen) atoms. The van der Waals surface area contributed by atoms with Crippen molar-refractivity contribution < 1.29 is 0 Å². The molecule has 0 fully saturated rings. The van der Waals surface area contributed by atoms with Gasteiger partial charge in [-0.1, -0.05) is 17.7 Å². The Balaban J connectivity index is 2.31. The molecule has 0 saturated heterocycles. The first-order valence-corrected chi connectivity index (χ1v) is 4.91. The predicted octanol–water partition coefficient (Wildman–Crippen LogP) is 1.43. The fourth-order valence-corrected chi connectivity index (χ4v) is 1.57. The number of nitrogens with zero attached hydrogens (tertiary/aromatic N) is 4. The largest absolute Gasteiger partial charge is 0.398 e. The minimum atomic E-state index is 0.130. The molecule has 0 unspecified atom stereocenters. The summed E-state index contributed by atoms with van der Waals surface area (Å²) >= 11 is 6.01. The molecule has 2 rings (SSSR count). The van der Waals surface area contributed by atoms with Crippen LogP contribution in [0.25, 0.3) is 0 Å². The molecule has 0 aliphatic heterocycles. The molecule has 5 nitrogen and oxygen atoms in total. The molecular weight excluding hydrogens is 226 g/mol. The van der Waals surface area contributed by atoms with Crippen molar-refractivity contribution in [2.45, 2.75) is 6.54 Å². The molecule has 1 aromatic carbocycles. The Morgan fingerprint density at radius 2 is 2.31 bits per heavy atom. The minimum absolute atomic E-state index is 0.130. The topological polar surface area (TPSA) is 80.5 Å². The lowest BCUT2D eigenvalue weighted by atomic mass is 10.2. The van der Waals surface area contributed by atoms with Crippen LogP contribution in [0.2, 0.25) is 5.02 Å². The van der Waals surface area contributed by atoms with E-state index in [0.717, 1.165) is 5.56 Å². The second-order valence-corrected chi connectivity index (χ2v) is 3.59. The Morgan fingerprint density at radius 3 is 2.94 bits per heavy atom. The zero-order chi connectivity index (χ0) is 11.5. The van der Waals surface area contributed by atoms with E-state index >= 15 is 0 Å². The first kappa shape index (κ1) is 10.5. The van der Waals surface area contributed by atoms with E-state index in [1.807, 2.05) is 6.07 Å². The van der Waals surface area contributed by atoms with Crippen molar-refractivity contribution in [1.82, 2.24) is 14.8 Å². The summed E-state index contributed by atoms with van der Waals surface area (Å²) in [6, 6.07) is 7.16. The number of hydrogen-bond acceptors (Lipinski definition) is 4. The maximum absolute atomic E-state index is 8.59. The average Bonchev–Trinajstić information content (AvgIpc) is 2.71. The third-order valence-corrected chi connectivity index (χ3v) is 2.47. The SMILES string of the molecule is N#Cc1ncn(Cc2c(N)cccc2Cl)n1. The molecule has 0 amide bonds. The van der Waals surface area contributed by atoms with Crippen LogP contribution in [0.15, 0.2) is 24.5 Å². The maximum atomic E-state index is 8.59. The third kappa shape index (κ3) is 1.97. The molecule has 1 aromatic heterocycles. The highest BCUT2D eigenvalue weighted by Gasteiger charge is 2.06. The molecule has 0 atom stereocenters. The summed E-state index contributed by atoms with van der Waals surface area (Å²) in [5, 5.41) is 13.1. The Bertz CT molecular complexity index is 534. The number of hydrogen-bond donors (Lipinski definition) is 1. The maximum Gasteiger partial charge on any atom is 0.252 e. The summed E-state index contributed by atoms with van der Waals surface area (Å²) in [6.07, 6.45) is 1.47. The van der Waals surface area contributed by atoms with Gasteiger partial charge >= 0.3 is 0 Å². The lowest BCUT2D eigenvalue weighted by molar-refractivity contribution is 0.684. The quantitative estimate of drug-likeness (QED) is 0.796. The molecular formula is C10H8ClN5. The summed E-state index contributed by atoms with van der Waals surface area (Å²) in [4.78, 5) is 3.80. The van der Waals surface area contributed by atoms with Crippen LogP contribution in [0.3, 0.4) is 0 Å². The molecule has 0 saturated carbocycles. The Morgan fingerprint density at radius 1 is 1.50 bits per heavy atom. The van der Waals surface area contributed by atoms with E-state index in [4.69, 9.17) is 22.6 Å². The lowest BCUT2D eigenvalue weighted by Crippen LogP contribution is -2.04. The number of rotatable bonds is 2. The van der Waals surface area contributed by atoms with Gasteiger partial charge in [0.1, 0.15) is 12.4 Å². The van der Waals surface area contributed by atoms with E-state index in [1.54, 1.807) is 18.2 Å². The first-order chi connectivity index (χ1) is 7.70. The van der Waals surface area contributed by atoms with Gasteiger partial charge in [0.15, 0.2) is 0 Å². The van der Waals surface area contributed by atoms with Gasteiger partial charge in [0.25, 0.3) is 5.82 Å². The van der Waals surface area contributed by atoms with Gasteiger partial charge in [-0.2, -0.15) is 5.26 Å².